The van der Waals surface area contributed by atoms with E-state index in [1.807, 2.05) is 26.0 Å². The molecule has 0 fully saturated rings. The van der Waals surface area contributed by atoms with Gasteiger partial charge in [-0.2, -0.15) is 0 Å². The summed E-state index contributed by atoms with van der Waals surface area (Å²) in [6.45, 7) is 6.07. The highest BCUT2D eigenvalue weighted by molar-refractivity contribution is 5.95. The predicted octanol–water partition coefficient (Wildman–Crippen LogP) is 1.35. The molecule has 0 aliphatic rings. The summed E-state index contributed by atoms with van der Waals surface area (Å²) in [5.41, 5.74) is 8.06. The van der Waals surface area contributed by atoms with Crippen LogP contribution < -0.4 is 21.9 Å². The summed E-state index contributed by atoms with van der Waals surface area (Å²) in [4.78, 5) is 39.8. The van der Waals surface area contributed by atoms with Crippen LogP contribution in [0.15, 0.2) is 27.8 Å². The number of hydrogen-bond acceptors (Lipinski definition) is 4. The van der Waals surface area contributed by atoms with E-state index >= 15 is 0 Å². The predicted molar refractivity (Wildman–Crippen MR) is 99.1 cm³/mol. The first-order valence-corrected chi connectivity index (χ1v) is 8.21. The second kappa shape index (κ2) is 7.38. The number of nitrogen functional groups attached to an aromatic ring is 1. The van der Waals surface area contributed by atoms with Crippen molar-refractivity contribution >= 4 is 17.4 Å². The third-order valence-corrected chi connectivity index (χ3v) is 4.15. The molecule has 1 aromatic heterocycles. The third-order valence-electron chi connectivity index (χ3n) is 4.15. The van der Waals surface area contributed by atoms with Crippen LogP contribution in [0.25, 0.3) is 0 Å². The van der Waals surface area contributed by atoms with Gasteiger partial charge in [-0.1, -0.05) is 29.3 Å². The molecule has 0 atom stereocenters. The fourth-order valence-corrected chi connectivity index (χ4v) is 2.97. The van der Waals surface area contributed by atoms with E-state index in [2.05, 4.69) is 11.1 Å². The van der Waals surface area contributed by atoms with E-state index in [0.717, 1.165) is 16.7 Å². The molecule has 1 amide bonds. The second-order valence-electron chi connectivity index (χ2n) is 6.19. The van der Waals surface area contributed by atoms with Gasteiger partial charge in [0.25, 0.3) is 5.56 Å². The summed E-state index contributed by atoms with van der Waals surface area (Å²) < 4.78 is 1.23. The van der Waals surface area contributed by atoms with E-state index in [-0.39, 0.29) is 23.8 Å². The maximum absolute atomic E-state index is 12.5. The Balaban J connectivity index is 2.23. The number of anilines is 2. The number of aromatic amines is 1. The molecule has 2 aromatic rings. The summed E-state index contributed by atoms with van der Waals surface area (Å²) >= 11 is 0. The molecule has 7 nitrogen and oxygen atoms in total. The molecule has 1 heterocycles. The molecule has 0 aliphatic carbocycles. The van der Waals surface area contributed by atoms with E-state index in [0.29, 0.717) is 13.0 Å². The lowest BCUT2D eigenvalue weighted by molar-refractivity contribution is -0.118. The van der Waals surface area contributed by atoms with E-state index < -0.39 is 11.2 Å². The molecular weight excluding hydrogens is 320 g/mol. The van der Waals surface area contributed by atoms with Crippen LogP contribution in [-0.4, -0.2) is 22.5 Å². The van der Waals surface area contributed by atoms with Gasteiger partial charge in [0.15, 0.2) is 5.69 Å². The Kier molecular flexibility index (Phi) is 5.46. The van der Waals surface area contributed by atoms with Crippen LogP contribution in [0.3, 0.4) is 0 Å². The monoisotopic (exact) mass is 344 g/mol. The highest BCUT2D eigenvalue weighted by atomic mass is 16.2. The number of aryl methyl sites for hydroxylation is 3. The fraction of sp³-hybridized carbons (Fsp3) is 0.389. The Morgan fingerprint density at radius 2 is 1.80 bits per heavy atom. The first kappa shape index (κ1) is 18.5. The van der Waals surface area contributed by atoms with Crippen LogP contribution >= 0.6 is 0 Å². The number of nitrogens with two attached hydrogens (primary N) is 1. The third kappa shape index (κ3) is 3.99. The molecule has 3 N–H and O–H groups in total. The minimum absolute atomic E-state index is 0.00139. The van der Waals surface area contributed by atoms with Crippen LogP contribution in [0.5, 0.6) is 0 Å². The van der Waals surface area contributed by atoms with Gasteiger partial charge in [0.1, 0.15) is 5.82 Å². The zero-order valence-electron chi connectivity index (χ0n) is 15.0. The molecule has 0 spiro atoms. The van der Waals surface area contributed by atoms with Crippen LogP contribution in [0.1, 0.15) is 30.0 Å². The van der Waals surface area contributed by atoms with Gasteiger partial charge in [-0.15, -0.1) is 0 Å². The normalized spacial score (nSPS) is 10.7. The van der Waals surface area contributed by atoms with Crippen molar-refractivity contribution in [2.45, 2.75) is 40.2 Å². The molecule has 0 bridgehead atoms. The molecule has 2 rings (SSSR count). The quantitative estimate of drug-likeness (QED) is 0.855. The van der Waals surface area contributed by atoms with Crippen LogP contribution in [0.2, 0.25) is 0 Å². The van der Waals surface area contributed by atoms with Crippen molar-refractivity contribution in [1.82, 2.24) is 9.55 Å². The highest BCUT2D eigenvalue weighted by Crippen LogP contribution is 2.17. The molecule has 134 valence electrons. The average Bonchev–Trinajstić information content (AvgIpc) is 2.51. The Hall–Kier alpha value is -2.83. The highest BCUT2D eigenvalue weighted by Gasteiger charge is 2.20. The number of benzene rings is 1. The standard InChI is InChI=1S/C18H24N4O3/c1-5-22-16(19)15(17(24)20-18(22)25)21(4)14(23)7-6-13-9-11(2)8-12(3)10-13/h8-10H,5-7,19H2,1-4H3,(H,20,24,25). The van der Waals surface area contributed by atoms with E-state index in [1.54, 1.807) is 6.92 Å². The maximum Gasteiger partial charge on any atom is 0.330 e. The summed E-state index contributed by atoms with van der Waals surface area (Å²) in [6, 6.07) is 6.16. The van der Waals surface area contributed by atoms with Crippen molar-refractivity contribution in [3.05, 3.63) is 55.7 Å². The molecule has 0 unspecified atom stereocenters. The molecule has 0 aliphatic heterocycles. The molecule has 7 heteroatoms. The van der Waals surface area contributed by atoms with Gasteiger partial charge >= 0.3 is 5.69 Å². The minimum atomic E-state index is -0.658. The number of rotatable bonds is 5. The Bertz CT molecular complexity index is 891. The number of hydrogen-bond donors (Lipinski definition) is 2. The van der Waals surface area contributed by atoms with Crippen LogP contribution in [0, 0.1) is 13.8 Å². The van der Waals surface area contributed by atoms with Gasteiger partial charge in [0.2, 0.25) is 5.91 Å². The van der Waals surface area contributed by atoms with E-state index in [4.69, 9.17) is 5.73 Å². The van der Waals surface area contributed by atoms with Crippen molar-refractivity contribution in [2.24, 2.45) is 0 Å². The zero-order chi connectivity index (χ0) is 18.7. The Morgan fingerprint density at radius 3 is 2.36 bits per heavy atom. The van der Waals surface area contributed by atoms with Gasteiger partial charge in [-0.25, -0.2) is 4.79 Å². The van der Waals surface area contributed by atoms with Gasteiger partial charge in [0, 0.05) is 20.0 Å². The lowest BCUT2D eigenvalue weighted by Gasteiger charge is -2.20. The van der Waals surface area contributed by atoms with Crippen molar-refractivity contribution in [2.75, 3.05) is 17.7 Å². The van der Waals surface area contributed by atoms with Gasteiger partial charge in [0.05, 0.1) is 0 Å². The van der Waals surface area contributed by atoms with Crippen molar-refractivity contribution in [3.63, 3.8) is 0 Å². The first-order valence-electron chi connectivity index (χ1n) is 8.21. The summed E-state index contributed by atoms with van der Waals surface area (Å²) in [5.74, 6) is -0.240. The largest absolute Gasteiger partial charge is 0.383 e. The molecule has 0 saturated carbocycles. The lowest BCUT2D eigenvalue weighted by Crippen LogP contribution is -2.39. The fourth-order valence-electron chi connectivity index (χ4n) is 2.97. The van der Waals surface area contributed by atoms with Crippen molar-refractivity contribution in [1.29, 1.82) is 0 Å². The van der Waals surface area contributed by atoms with Crippen molar-refractivity contribution < 1.29 is 4.79 Å². The first-order chi connectivity index (χ1) is 11.7. The van der Waals surface area contributed by atoms with E-state index in [1.165, 1.54) is 16.5 Å². The summed E-state index contributed by atoms with van der Waals surface area (Å²) in [5, 5.41) is 0. The molecule has 25 heavy (non-hydrogen) atoms. The molecule has 0 radical (unpaired) electrons. The number of aromatic nitrogens is 2. The number of carbonyl (C=O) groups excluding carboxylic acids is 1. The zero-order valence-corrected chi connectivity index (χ0v) is 15.0. The average molecular weight is 344 g/mol. The second-order valence-corrected chi connectivity index (χ2v) is 6.19. The van der Waals surface area contributed by atoms with Crippen LogP contribution in [-0.2, 0) is 17.8 Å². The Morgan fingerprint density at radius 1 is 1.20 bits per heavy atom. The van der Waals surface area contributed by atoms with Gasteiger partial charge < -0.3 is 10.6 Å². The topological polar surface area (TPSA) is 101 Å². The summed E-state index contributed by atoms with van der Waals surface area (Å²) in [7, 11) is 1.50. The number of amides is 1. The molecule has 1 aromatic carbocycles. The minimum Gasteiger partial charge on any atom is -0.383 e. The number of H-pyrrole nitrogens is 1. The smallest absolute Gasteiger partial charge is 0.330 e. The SMILES string of the molecule is CCn1c(N)c(N(C)C(=O)CCc2cc(C)cc(C)c2)c(=O)[nH]c1=O. The van der Waals surface area contributed by atoms with E-state index in [9.17, 15) is 14.4 Å². The molecule has 0 saturated heterocycles. The number of nitrogens with zero attached hydrogens (tertiary/aromatic N) is 2. The number of nitrogens with one attached hydrogen (secondary N) is 1. The maximum atomic E-state index is 12.5. The van der Waals surface area contributed by atoms with Gasteiger partial charge in [-0.05, 0) is 32.8 Å². The molecular formula is C18H24N4O3. The Labute approximate surface area is 146 Å². The van der Waals surface area contributed by atoms with Gasteiger partial charge in [-0.3, -0.25) is 19.1 Å². The number of carbonyl (C=O) groups is 1. The lowest BCUT2D eigenvalue weighted by atomic mass is 10.0. The van der Waals surface area contributed by atoms with Crippen LogP contribution in [0.4, 0.5) is 11.5 Å². The summed E-state index contributed by atoms with van der Waals surface area (Å²) in [6.07, 6.45) is 0.806. The van der Waals surface area contributed by atoms with Crippen molar-refractivity contribution in [3.8, 4) is 0 Å².